The molecule has 1 unspecified atom stereocenters. The van der Waals surface area contributed by atoms with Crippen LogP contribution in [0.25, 0.3) is 0 Å². The molecule has 4 nitrogen and oxygen atoms in total. The highest BCUT2D eigenvalue weighted by atomic mass is 32.2. The molecule has 1 aliphatic heterocycles. The standard InChI is InChI=1S/C26H25FN2O2S/c1-26(2,3)18-11-13-20(14-12-18)29-23(30)16-32-25(29)17-7-6-8-19(15-17)28-24(31)21-9-4-5-10-22(21)27/h4-15,25H,16H2,1-3H3,(H,28,31). The van der Waals surface area contributed by atoms with Crippen LogP contribution >= 0.6 is 11.8 Å². The summed E-state index contributed by atoms with van der Waals surface area (Å²) < 4.78 is 13.9. The normalized spacial score (nSPS) is 16.3. The minimum absolute atomic E-state index is 0.0103. The third-order valence-corrected chi connectivity index (χ3v) is 6.64. The van der Waals surface area contributed by atoms with E-state index >= 15 is 0 Å². The lowest BCUT2D eigenvalue weighted by Gasteiger charge is -2.26. The van der Waals surface area contributed by atoms with E-state index in [0.717, 1.165) is 11.3 Å². The van der Waals surface area contributed by atoms with Gasteiger partial charge in [-0.3, -0.25) is 14.5 Å². The number of amides is 2. The van der Waals surface area contributed by atoms with Crippen molar-refractivity contribution in [3.8, 4) is 0 Å². The summed E-state index contributed by atoms with van der Waals surface area (Å²) in [4.78, 5) is 27.0. The lowest BCUT2D eigenvalue weighted by atomic mass is 9.87. The van der Waals surface area contributed by atoms with Crippen molar-refractivity contribution in [3.05, 3.63) is 95.3 Å². The number of halogens is 1. The summed E-state index contributed by atoms with van der Waals surface area (Å²) in [5.41, 5.74) is 3.52. The molecule has 164 valence electrons. The van der Waals surface area contributed by atoms with Crippen LogP contribution in [0.5, 0.6) is 0 Å². The quantitative estimate of drug-likeness (QED) is 0.520. The van der Waals surface area contributed by atoms with E-state index in [-0.39, 0.29) is 22.3 Å². The first kappa shape index (κ1) is 22.1. The van der Waals surface area contributed by atoms with Crippen LogP contribution in [-0.2, 0) is 10.2 Å². The van der Waals surface area contributed by atoms with Crippen molar-refractivity contribution < 1.29 is 14.0 Å². The molecule has 2 amide bonds. The summed E-state index contributed by atoms with van der Waals surface area (Å²) >= 11 is 1.55. The summed E-state index contributed by atoms with van der Waals surface area (Å²) in [7, 11) is 0. The number of anilines is 2. The van der Waals surface area contributed by atoms with Crippen LogP contribution in [0.3, 0.4) is 0 Å². The van der Waals surface area contributed by atoms with E-state index in [9.17, 15) is 14.0 Å². The summed E-state index contributed by atoms with van der Waals surface area (Å²) in [5.74, 6) is -0.644. The number of hydrogen-bond acceptors (Lipinski definition) is 3. The van der Waals surface area contributed by atoms with Gasteiger partial charge in [0.05, 0.1) is 11.3 Å². The van der Waals surface area contributed by atoms with Crippen molar-refractivity contribution in [2.45, 2.75) is 31.6 Å². The van der Waals surface area contributed by atoms with Crippen LogP contribution in [0.15, 0.2) is 72.8 Å². The molecule has 0 bridgehead atoms. The molecule has 0 aliphatic carbocycles. The summed E-state index contributed by atoms with van der Waals surface area (Å²) in [5, 5.41) is 2.56. The lowest BCUT2D eigenvalue weighted by molar-refractivity contribution is -0.115. The average molecular weight is 449 g/mol. The van der Waals surface area contributed by atoms with Crippen LogP contribution in [0, 0.1) is 5.82 Å². The number of carbonyl (C=O) groups is 2. The number of nitrogens with one attached hydrogen (secondary N) is 1. The molecular formula is C26H25FN2O2S. The number of carbonyl (C=O) groups excluding carboxylic acids is 2. The Labute approximate surface area is 191 Å². The van der Waals surface area contributed by atoms with E-state index in [4.69, 9.17) is 0 Å². The van der Waals surface area contributed by atoms with Crippen LogP contribution in [0.2, 0.25) is 0 Å². The zero-order valence-corrected chi connectivity index (χ0v) is 19.1. The van der Waals surface area contributed by atoms with Crippen LogP contribution in [0.4, 0.5) is 15.8 Å². The van der Waals surface area contributed by atoms with Crippen molar-refractivity contribution in [1.29, 1.82) is 0 Å². The Morgan fingerprint density at radius 2 is 1.75 bits per heavy atom. The minimum atomic E-state index is -0.567. The van der Waals surface area contributed by atoms with Gasteiger partial charge in [0.2, 0.25) is 5.91 Å². The zero-order chi connectivity index (χ0) is 22.9. The predicted octanol–water partition coefficient (Wildman–Crippen LogP) is 6.15. The number of nitrogens with zero attached hydrogens (tertiary/aromatic N) is 1. The van der Waals surface area contributed by atoms with Crippen molar-refractivity contribution >= 4 is 35.0 Å². The van der Waals surface area contributed by atoms with Crippen molar-refractivity contribution in [1.82, 2.24) is 0 Å². The summed E-state index contributed by atoms with van der Waals surface area (Å²) in [6.45, 7) is 6.47. The van der Waals surface area contributed by atoms with E-state index in [1.165, 1.54) is 17.7 Å². The van der Waals surface area contributed by atoms with Gasteiger partial charge in [-0.15, -0.1) is 11.8 Å². The molecule has 0 spiro atoms. The molecule has 3 aromatic carbocycles. The predicted molar refractivity (Wildman–Crippen MR) is 129 cm³/mol. The average Bonchev–Trinajstić information content (AvgIpc) is 3.15. The Kier molecular flexibility index (Phi) is 6.07. The fourth-order valence-electron chi connectivity index (χ4n) is 3.69. The van der Waals surface area contributed by atoms with E-state index in [1.807, 2.05) is 30.3 Å². The van der Waals surface area contributed by atoms with Gasteiger partial charge in [0, 0.05) is 11.4 Å². The fraction of sp³-hybridized carbons (Fsp3) is 0.231. The maximum absolute atomic E-state index is 13.9. The lowest BCUT2D eigenvalue weighted by Crippen LogP contribution is -2.28. The number of rotatable bonds is 4. The van der Waals surface area contributed by atoms with Gasteiger partial charge in [-0.1, -0.05) is 57.2 Å². The Bertz CT molecular complexity index is 1150. The van der Waals surface area contributed by atoms with Gasteiger partial charge in [-0.2, -0.15) is 0 Å². The first-order valence-corrected chi connectivity index (χ1v) is 11.5. The van der Waals surface area contributed by atoms with Gasteiger partial charge in [-0.25, -0.2) is 4.39 Å². The van der Waals surface area contributed by atoms with Gasteiger partial charge in [0.25, 0.3) is 5.91 Å². The molecule has 4 rings (SSSR count). The maximum Gasteiger partial charge on any atom is 0.258 e. The summed E-state index contributed by atoms with van der Waals surface area (Å²) in [6, 6.07) is 21.3. The Morgan fingerprint density at radius 1 is 1.03 bits per heavy atom. The highest BCUT2D eigenvalue weighted by molar-refractivity contribution is 8.00. The van der Waals surface area contributed by atoms with Crippen LogP contribution < -0.4 is 10.2 Å². The van der Waals surface area contributed by atoms with Crippen LogP contribution in [-0.4, -0.2) is 17.6 Å². The molecule has 6 heteroatoms. The largest absolute Gasteiger partial charge is 0.322 e. The second-order valence-corrected chi connectivity index (χ2v) is 9.85. The van der Waals surface area contributed by atoms with Gasteiger partial charge in [0.15, 0.2) is 0 Å². The number of hydrogen-bond donors (Lipinski definition) is 1. The minimum Gasteiger partial charge on any atom is -0.322 e. The Hall–Kier alpha value is -3.12. The Morgan fingerprint density at radius 3 is 2.44 bits per heavy atom. The molecule has 0 aromatic heterocycles. The van der Waals surface area contributed by atoms with Gasteiger partial charge in [-0.05, 0) is 52.9 Å². The molecule has 1 N–H and O–H groups in total. The van der Waals surface area contributed by atoms with Crippen molar-refractivity contribution in [2.24, 2.45) is 0 Å². The fourth-order valence-corrected chi connectivity index (χ4v) is 4.85. The highest BCUT2D eigenvalue weighted by Crippen LogP contribution is 2.42. The van der Waals surface area contributed by atoms with Crippen molar-refractivity contribution in [2.75, 3.05) is 16.0 Å². The SMILES string of the molecule is CC(C)(C)c1ccc(N2C(=O)CSC2c2cccc(NC(=O)c3ccccc3F)c2)cc1. The van der Waals surface area contributed by atoms with E-state index in [2.05, 4.69) is 38.2 Å². The van der Waals surface area contributed by atoms with Gasteiger partial charge < -0.3 is 5.32 Å². The van der Waals surface area contributed by atoms with Crippen molar-refractivity contribution in [3.63, 3.8) is 0 Å². The molecule has 0 saturated carbocycles. The maximum atomic E-state index is 13.9. The molecule has 1 atom stereocenters. The second-order valence-electron chi connectivity index (χ2n) is 8.78. The van der Waals surface area contributed by atoms with Crippen LogP contribution in [0.1, 0.15) is 47.6 Å². The second kappa shape index (κ2) is 8.79. The number of thioether (sulfide) groups is 1. The molecule has 3 aromatic rings. The van der Waals surface area contributed by atoms with Gasteiger partial charge in [0.1, 0.15) is 11.2 Å². The molecule has 0 radical (unpaired) electrons. The molecule has 1 aliphatic rings. The Balaban J connectivity index is 1.58. The first-order chi connectivity index (χ1) is 15.2. The third-order valence-electron chi connectivity index (χ3n) is 5.43. The van der Waals surface area contributed by atoms with E-state index in [1.54, 1.807) is 34.9 Å². The zero-order valence-electron chi connectivity index (χ0n) is 18.3. The molecule has 1 heterocycles. The third kappa shape index (κ3) is 4.55. The highest BCUT2D eigenvalue weighted by Gasteiger charge is 2.34. The first-order valence-electron chi connectivity index (χ1n) is 10.4. The molecule has 1 fully saturated rings. The molecular weight excluding hydrogens is 423 g/mol. The smallest absolute Gasteiger partial charge is 0.258 e. The summed E-state index contributed by atoms with van der Waals surface area (Å²) in [6.07, 6.45) is 0. The topological polar surface area (TPSA) is 49.4 Å². The van der Waals surface area contributed by atoms with Gasteiger partial charge >= 0.3 is 0 Å². The van der Waals surface area contributed by atoms with E-state index < -0.39 is 11.7 Å². The molecule has 32 heavy (non-hydrogen) atoms. The van der Waals surface area contributed by atoms with E-state index in [0.29, 0.717) is 11.4 Å². The number of benzene rings is 3. The monoisotopic (exact) mass is 448 g/mol. The molecule has 1 saturated heterocycles.